The van der Waals surface area contributed by atoms with E-state index < -0.39 is 0 Å². The van der Waals surface area contributed by atoms with Crippen molar-refractivity contribution < 1.29 is 4.79 Å². The number of aromatic nitrogens is 3. The van der Waals surface area contributed by atoms with Crippen LogP contribution in [0.15, 0.2) is 42.7 Å². The molecule has 19 heavy (non-hydrogen) atoms. The van der Waals surface area contributed by atoms with Crippen LogP contribution in [0.2, 0.25) is 5.15 Å². The second-order valence-electron chi connectivity index (χ2n) is 3.93. The molecule has 6 heteroatoms. The molecule has 3 rings (SSSR count). The first-order valence-electron chi connectivity index (χ1n) is 5.59. The number of carbonyl (C=O) groups excluding carboxylic acids is 1. The van der Waals surface area contributed by atoms with Gasteiger partial charge in [0.2, 0.25) is 0 Å². The summed E-state index contributed by atoms with van der Waals surface area (Å²) in [5.41, 5.74) is 2.16. The van der Waals surface area contributed by atoms with Crippen molar-refractivity contribution in [1.29, 1.82) is 0 Å². The molecule has 0 spiro atoms. The van der Waals surface area contributed by atoms with E-state index in [0.29, 0.717) is 16.5 Å². The molecule has 0 saturated heterocycles. The van der Waals surface area contributed by atoms with Gasteiger partial charge in [-0.2, -0.15) is 0 Å². The van der Waals surface area contributed by atoms with Gasteiger partial charge in [-0.3, -0.25) is 4.79 Å². The zero-order valence-electron chi connectivity index (χ0n) is 9.72. The molecule has 0 unspecified atom stereocenters. The number of halogens is 1. The number of fused-ring (bicyclic) bond motifs is 1. The van der Waals surface area contributed by atoms with Gasteiger partial charge in [0.15, 0.2) is 0 Å². The molecule has 94 valence electrons. The molecule has 5 nitrogen and oxygen atoms in total. The fraction of sp³-hybridized carbons (Fsp3) is 0. The van der Waals surface area contributed by atoms with E-state index >= 15 is 0 Å². The second kappa shape index (κ2) is 4.70. The summed E-state index contributed by atoms with van der Waals surface area (Å²) in [4.78, 5) is 23.1. The first-order valence-corrected chi connectivity index (χ1v) is 5.97. The van der Waals surface area contributed by atoms with Gasteiger partial charge < -0.3 is 10.3 Å². The molecule has 1 aromatic carbocycles. The van der Waals surface area contributed by atoms with E-state index in [2.05, 4.69) is 20.3 Å². The Morgan fingerprint density at radius 3 is 3.00 bits per heavy atom. The number of rotatable bonds is 2. The number of hydrogen-bond donors (Lipinski definition) is 2. The van der Waals surface area contributed by atoms with Crippen LogP contribution in [0.5, 0.6) is 0 Å². The summed E-state index contributed by atoms with van der Waals surface area (Å²) in [6, 6.07) is 10.3. The van der Waals surface area contributed by atoms with Crippen LogP contribution in [-0.4, -0.2) is 20.9 Å². The first-order chi connectivity index (χ1) is 9.22. The van der Waals surface area contributed by atoms with Crippen molar-refractivity contribution in [3.63, 3.8) is 0 Å². The summed E-state index contributed by atoms with van der Waals surface area (Å²) in [5, 5.41) is 3.02. The van der Waals surface area contributed by atoms with Gasteiger partial charge >= 0.3 is 0 Å². The van der Waals surface area contributed by atoms with Gasteiger partial charge in [-0.15, -0.1) is 0 Å². The zero-order chi connectivity index (χ0) is 13.2. The van der Waals surface area contributed by atoms with Gasteiger partial charge in [-0.1, -0.05) is 17.7 Å². The van der Waals surface area contributed by atoms with Crippen molar-refractivity contribution in [3.8, 4) is 0 Å². The van der Waals surface area contributed by atoms with Crippen LogP contribution in [0.1, 0.15) is 10.4 Å². The Kier molecular flexibility index (Phi) is 2.89. The molecule has 1 amide bonds. The van der Waals surface area contributed by atoms with E-state index in [9.17, 15) is 4.79 Å². The van der Waals surface area contributed by atoms with Crippen molar-refractivity contribution in [2.24, 2.45) is 0 Å². The summed E-state index contributed by atoms with van der Waals surface area (Å²) >= 11 is 5.76. The number of nitrogens with zero attached hydrogens (tertiary/aromatic N) is 2. The predicted molar refractivity (Wildman–Crippen MR) is 73.3 cm³/mol. The van der Waals surface area contributed by atoms with Crippen molar-refractivity contribution in [2.75, 3.05) is 5.32 Å². The largest absolute Gasteiger partial charge is 0.345 e. The number of anilines is 1. The third kappa shape index (κ3) is 2.41. The monoisotopic (exact) mass is 272 g/mol. The minimum Gasteiger partial charge on any atom is -0.345 e. The van der Waals surface area contributed by atoms with Gasteiger partial charge in [0, 0.05) is 5.56 Å². The summed E-state index contributed by atoms with van der Waals surface area (Å²) in [6.45, 7) is 0. The highest BCUT2D eigenvalue weighted by atomic mass is 35.5. The maximum Gasteiger partial charge on any atom is 0.256 e. The van der Waals surface area contributed by atoms with Crippen LogP contribution < -0.4 is 5.32 Å². The Hall–Kier alpha value is -2.40. The Bertz CT molecular complexity index is 753. The van der Waals surface area contributed by atoms with Crippen LogP contribution in [0.4, 0.5) is 5.82 Å². The lowest BCUT2D eigenvalue weighted by atomic mass is 10.2. The van der Waals surface area contributed by atoms with Crippen LogP contribution >= 0.6 is 11.6 Å². The van der Waals surface area contributed by atoms with Gasteiger partial charge in [0.05, 0.1) is 17.4 Å². The molecular formula is C13H9ClN4O. The van der Waals surface area contributed by atoms with Gasteiger partial charge in [0.1, 0.15) is 11.0 Å². The minimum absolute atomic E-state index is 0.244. The molecule has 3 aromatic rings. The standard InChI is InChI=1S/C13H9ClN4O/c14-11-2-1-3-12(17-11)18-13(19)8-4-5-9-10(6-8)16-7-15-9/h1-7H,(H,15,16)(H,17,18,19). The Labute approximate surface area is 113 Å². The highest BCUT2D eigenvalue weighted by Gasteiger charge is 2.08. The summed E-state index contributed by atoms with van der Waals surface area (Å²) in [7, 11) is 0. The molecule has 0 fully saturated rings. The van der Waals surface area contributed by atoms with E-state index in [-0.39, 0.29) is 5.91 Å². The van der Waals surface area contributed by atoms with E-state index in [4.69, 9.17) is 11.6 Å². The third-order valence-electron chi connectivity index (χ3n) is 2.64. The maximum absolute atomic E-state index is 12.1. The number of imidazole rings is 1. The molecule has 0 atom stereocenters. The van der Waals surface area contributed by atoms with Crippen molar-refractivity contribution in [3.05, 3.63) is 53.4 Å². The maximum atomic E-state index is 12.1. The van der Waals surface area contributed by atoms with Crippen LogP contribution in [0.25, 0.3) is 11.0 Å². The lowest BCUT2D eigenvalue weighted by Crippen LogP contribution is -2.12. The fourth-order valence-electron chi connectivity index (χ4n) is 1.74. The minimum atomic E-state index is -0.244. The molecule has 2 aromatic heterocycles. The lowest BCUT2D eigenvalue weighted by molar-refractivity contribution is 0.102. The van der Waals surface area contributed by atoms with Gasteiger partial charge in [0.25, 0.3) is 5.91 Å². The zero-order valence-corrected chi connectivity index (χ0v) is 10.5. The Morgan fingerprint density at radius 1 is 1.26 bits per heavy atom. The van der Waals surface area contributed by atoms with Crippen molar-refractivity contribution in [1.82, 2.24) is 15.0 Å². The molecule has 0 saturated carbocycles. The van der Waals surface area contributed by atoms with E-state index in [1.165, 1.54) is 0 Å². The summed E-state index contributed by atoms with van der Waals surface area (Å²) < 4.78 is 0. The molecule has 0 radical (unpaired) electrons. The molecular weight excluding hydrogens is 264 g/mol. The topological polar surface area (TPSA) is 70.7 Å². The average molecular weight is 273 g/mol. The van der Waals surface area contributed by atoms with Crippen LogP contribution in [0.3, 0.4) is 0 Å². The van der Waals surface area contributed by atoms with E-state index in [1.807, 2.05) is 0 Å². The molecule has 2 N–H and O–H groups in total. The van der Waals surface area contributed by atoms with Crippen molar-refractivity contribution >= 4 is 34.4 Å². The number of hydrogen-bond acceptors (Lipinski definition) is 3. The molecule has 0 aliphatic heterocycles. The highest BCUT2D eigenvalue weighted by molar-refractivity contribution is 6.29. The van der Waals surface area contributed by atoms with E-state index in [1.54, 1.807) is 42.7 Å². The number of amides is 1. The summed E-state index contributed by atoms with van der Waals surface area (Å²) in [6.07, 6.45) is 1.59. The average Bonchev–Trinajstić information content (AvgIpc) is 2.85. The van der Waals surface area contributed by atoms with Crippen LogP contribution in [-0.2, 0) is 0 Å². The highest BCUT2D eigenvalue weighted by Crippen LogP contribution is 2.14. The molecule has 0 aliphatic rings. The number of benzene rings is 1. The molecule has 2 heterocycles. The quantitative estimate of drug-likeness (QED) is 0.705. The first kappa shape index (κ1) is 11.7. The summed E-state index contributed by atoms with van der Waals surface area (Å²) in [5.74, 6) is 0.175. The molecule has 0 aliphatic carbocycles. The number of carbonyl (C=O) groups is 1. The SMILES string of the molecule is O=C(Nc1cccc(Cl)n1)c1ccc2nc[nH]c2c1. The van der Waals surface area contributed by atoms with Gasteiger partial charge in [-0.25, -0.2) is 9.97 Å². The van der Waals surface area contributed by atoms with Crippen molar-refractivity contribution in [2.45, 2.75) is 0 Å². The predicted octanol–water partition coefficient (Wildman–Crippen LogP) is 2.86. The molecule has 0 bridgehead atoms. The van der Waals surface area contributed by atoms with Gasteiger partial charge in [-0.05, 0) is 30.3 Å². The lowest BCUT2D eigenvalue weighted by Gasteiger charge is -2.04. The fourth-order valence-corrected chi connectivity index (χ4v) is 1.91. The smallest absolute Gasteiger partial charge is 0.256 e. The second-order valence-corrected chi connectivity index (χ2v) is 4.32. The number of pyridine rings is 1. The van der Waals surface area contributed by atoms with E-state index in [0.717, 1.165) is 11.0 Å². The van der Waals surface area contributed by atoms with Crippen LogP contribution in [0, 0.1) is 0 Å². The number of H-pyrrole nitrogens is 1. The number of nitrogens with one attached hydrogen (secondary N) is 2. The number of aromatic amines is 1. The Morgan fingerprint density at radius 2 is 2.16 bits per heavy atom. The third-order valence-corrected chi connectivity index (χ3v) is 2.85. The normalized spacial score (nSPS) is 10.6. The Balaban J connectivity index is 1.87.